The van der Waals surface area contributed by atoms with E-state index in [2.05, 4.69) is 30.9 Å². The van der Waals surface area contributed by atoms with Gasteiger partial charge in [0.15, 0.2) is 5.65 Å². The summed E-state index contributed by atoms with van der Waals surface area (Å²) in [6, 6.07) is 2.04. The largest absolute Gasteiger partial charge is 0.340 e. The number of nitrogens with one attached hydrogen (secondary N) is 1. The van der Waals surface area contributed by atoms with Gasteiger partial charge < -0.3 is 4.98 Å². The lowest BCUT2D eigenvalue weighted by Gasteiger charge is -2.18. The number of nitrogens with zero attached hydrogens (tertiary/aromatic N) is 2. The molecular formula is C12H14BrN3. The molecule has 1 N–H and O–H groups in total. The predicted octanol–water partition coefficient (Wildman–Crippen LogP) is 3.77. The van der Waals surface area contributed by atoms with E-state index in [-0.39, 0.29) is 0 Å². The molecule has 0 bridgehead atoms. The van der Waals surface area contributed by atoms with E-state index in [1.807, 2.05) is 6.07 Å². The van der Waals surface area contributed by atoms with Crippen molar-refractivity contribution in [2.75, 3.05) is 0 Å². The van der Waals surface area contributed by atoms with Crippen LogP contribution in [0.2, 0.25) is 0 Å². The van der Waals surface area contributed by atoms with Crippen molar-refractivity contribution in [1.29, 1.82) is 0 Å². The maximum absolute atomic E-state index is 4.59. The third-order valence-corrected chi connectivity index (χ3v) is 3.75. The maximum atomic E-state index is 4.59. The number of halogens is 1. The molecule has 0 amide bonds. The maximum Gasteiger partial charge on any atom is 0.177 e. The van der Waals surface area contributed by atoms with Gasteiger partial charge in [-0.2, -0.15) is 0 Å². The first-order chi connectivity index (χ1) is 7.83. The van der Waals surface area contributed by atoms with Gasteiger partial charge in [0.25, 0.3) is 0 Å². The highest BCUT2D eigenvalue weighted by Crippen LogP contribution is 2.31. The van der Waals surface area contributed by atoms with Gasteiger partial charge in [-0.1, -0.05) is 19.3 Å². The van der Waals surface area contributed by atoms with Crippen LogP contribution in [0, 0.1) is 0 Å². The molecule has 0 aromatic carbocycles. The van der Waals surface area contributed by atoms with Crippen LogP contribution in [0.25, 0.3) is 11.2 Å². The summed E-state index contributed by atoms with van der Waals surface area (Å²) in [5.41, 5.74) is 1.87. The van der Waals surface area contributed by atoms with E-state index in [4.69, 9.17) is 0 Å². The zero-order chi connectivity index (χ0) is 11.0. The zero-order valence-electron chi connectivity index (χ0n) is 9.04. The molecule has 0 saturated heterocycles. The van der Waals surface area contributed by atoms with Gasteiger partial charge in [0.1, 0.15) is 5.82 Å². The summed E-state index contributed by atoms with van der Waals surface area (Å²) < 4.78 is 0.999. The molecule has 16 heavy (non-hydrogen) atoms. The van der Waals surface area contributed by atoms with Crippen molar-refractivity contribution in [3.63, 3.8) is 0 Å². The minimum Gasteiger partial charge on any atom is -0.340 e. The third kappa shape index (κ3) is 1.86. The molecule has 1 aliphatic carbocycles. The van der Waals surface area contributed by atoms with Gasteiger partial charge >= 0.3 is 0 Å². The second-order valence-electron chi connectivity index (χ2n) is 4.48. The van der Waals surface area contributed by atoms with Crippen LogP contribution in [-0.2, 0) is 0 Å². The molecule has 4 heteroatoms. The van der Waals surface area contributed by atoms with Crippen LogP contribution in [0.5, 0.6) is 0 Å². The molecule has 1 fully saturated rings. The number of pyridine rings is 1. The second-order valence-corrected chi connectivity index (χ2v) is 5.40. The summed E-state index contributed by atoms with van der Waals surface area (Å²) in [6.07, 6.45) is 8.37. The Morgan fingerprint density at radius 1 is 1.25 bits per heavy atom. The number of rotatable bonds is 1. The standard InChI is InChI=1S/C12H14BrN3/c13-9-6-10-12(14-7-9)16-11(15-10)8-4-2-1-3-5-8/h6-8H,1-5H2,(H,14,15,16). The zero-order valence-corrected chi connectivity index (χ0v) is 10.6. The van der Waals surface area contributed by atoms with Crippen LogP contribution in [0.3, 0.4) is 0 Å². The minimum absolute atomic E-state index is 0.613. The molecule has 2 heterocycles. The van der Waals surface area contributed by atoms with Crippen molar-refractivity contribution in [3.8, 4) is 0 Å². The van der Waals surface area contributed by atoms with Crippen molar-refractivity contribution >= 4 is 27.1 Å². The summed E-state index contributed by atoms with van der Waals surface area (Å²) in [5.74, 6) is 1.74. The number of hydrogen-bond donors (Lipinski definition) is 1. The van der Waals surface area contributed by atoms with Crippen LogP contribution < -0.4 is 0 Å². The van der Waals surface area contributed by atoms with E-state index >= 15 is 0 Å². The molecule has 0 aliphatic heterocycles. The molecule has 2 aromatic heterocycles. The van der Waals surface area contributed by atoms with Gasteiger partial charge in [0.05, 0.1) is 5.52 Å². The number of imidazole rings is 1. The van der Waals surface area contributed by atoms with Gasteiger partial charge in [0.2, 0.25) is 0 Å². The lowest BCUT2D eigenvalue weighted by atomic mass is 9.89. The fourth-order valence-corrected chi connectivity index (χ4v) is 2.79. The average molecular weight is 280 g/mol. The quantitative estimate of drug-likeness (QED) is 0.864. The summed E-state index contributed by atoms with van der Waals surface area (Å²) in [4.78, 5) is 12.3. The Hall–Kier alpha value is -0.900. The Labute approximate surface area is 103 Å². The SMILES string of the molecule is Brc1cnc2nc(C3CCCCC3)[nH]c2c1. The molecule has 1 saturated carbocycles. The Kier molecular flexibility index (Phi) is 2.67. The fraction of sp³-hybridized carbons (Fsp3) is 0.500. The first kappa shape index (κ1) is 10.3. The number of hydrogen-bond acceptors (Lipinski definition) is 2. The molecule has 84 valence electrons. The molecule has 0 atom stereocenters. The highest BCUT2D eigenvalue weighted by molar-refractivity contribution is 9.10. The van der Waals surface area contributed by atoms with E-state index < -0.39 is 0 Å². The normalized spacial score (nSPS) is 18.1. The van der Waals surface area contributed by atoms with Crippen molar-refractivity contribution in [2.45, 2.75) is 38.0 Å². The fourth-order valence-electron chi connectivity index (χ4n) is 2.46. The Morgan fingerprint density at radius 2 is 2.06 bits per heavy atom. The van der Waals surface area contributed by atoms with Gasteiger partial charge in [0, 0.05) is 16.6 Å². The molecule has 0 spiro atoms. The monoisotopic (exact) mass is 279 g/mol. The molecule has 3 rings (SSSR count). The van der Waals surface area contributed by atoms with E-state index in [9.17, 15) is 0 Å². The molecule has 1 aliphatic rings. The van der Waals surface area contributed by atoms with Crippen molar-refractivity contribution in [3.05, 3.63) is 22.6 Å². The molecule has 2 aromatic rings. The highest BCUT2D eigenvalue weighted by Gasteiger charge is 2.18. The smallest absolute Gasteiger partial charge is 0.177 e. The third-order valence-electron chi connectivity index (χ3n) is 3.31. The van der Waals surface area contributed by atoms with Crippen molar-refractivity contribution in [2.24, 2.45) is 0 Å². The number of aromatic nitrogens is 3. The van der Waals surface area contributed by atoms with Gasteiger partial charge in [-0.3, -0.25) is 0 Å². The van der Waals surface area contributed by atoms with Crippen LogP contribution in [0.1, 0.15) is 43.8 Å². The van der Waals surface area contributed by atoms with Crippen molar-refractivity contribution < 1.29 is 0 Å². The molecule has 0 radical (unpaired) electrons. The first-order valence-corrected chi connectivity index (χ1v) is 6.63. The van der Waals surface area contributed by atoms with Crippen molar-refractivity contribution in [1.82, 2.24) is 15.0 Å². The summed E-state index contributed by atoms with van der Waals surface area (Å²) in [5, 5.41) is 0. The van der Waals surface area contributed by atoms with Gasteiger partial charge in [-0.15, -0.1) is 0 Å². The van der Waals surface area contributed by atoms with E-state index in [0.29, 0.717) is 5.92 Å². The Morgan fingerprint density at radius 3 is 2.88 bits per heavy atom. The minimum atomic E-state index is 0.613. The highest BCUT2D eigenvalue weighted by atomic mass is 79.9. The van der Waals surface area contributed by atoms with Crippen LogP contribution >= 0.6 is 15.9 Å². The van der Waals surface area contributed by atoms with Crippen LogP contribution in [-0.4, -0.2) is 15.0 Å². The number of aromatic amines is 1. The van der Waals surface area contributed by atoms with Gasteiger partial charge in [-0.05, 0) is 34.8 Å². The summed E-state index contributed by atoms with van der Waals surface area (Å²) in [7, 11) is 0. The predicted molar refractivity (Wildman–Crippen MR) is 67.4 cm³/mol. The van der Waals surface area contributed by atoms with E-state index in [1.54, 1.807) is 6.20 Å². The summed E-state index contributed by atoms with van der Waals surface area (Å²) >= 11 is 3.43. The van der Waals surface area contributed by atoms with Crippen LogP contribution in [0.4, 0.5) is 0 Å². The average Bonchev–Trinajstić information content (AvgIpc) is 2.73. The Bertz CT molecular complexity index is 500. The van der Waals surface area contributed by atoms with Gasteiger partial charge in [-0.25, -0.2) is 9.97 Å². The van der Waals surface area contributed by atoms with E-state index in [0.717, 1.165) is 21.5 Å². The lowest BCUT2D eigenvalue weighted by molar-refractivity contribution is 0.431. The Balaban J connectivity index is 1.97. The van der Waals surface area contributed by atoms with Crippen LogP contribution in [0.15, 0.2) is 16.7 Å². The lowest BCUT2D eigenvalue weighted by Crippen LogP contribution is -2.05. The molecule has 3 nitrogen and oxygen atoms in total. The number of H-pyrrole nitrogens is 1. The molecule has 0 unspecified atom stereocenters. The number of fused-ring (bicyclic) bond motifs is 1. The van der Waals surface area contributed by atoms with E-state index in [1.165, 1.54) is 32.1 Å². The topological polar surface area (TPSA) is 41.6 Å². The molecular weight excluding hydrogens is 266 g/mol. The first-order valence-electron chi connectivity index (χ1n) is 5.84. The second kappa shape index (κ2) is 4.17. The summed E-state index contributed by atoms with van der Waals surface area (Å²) in [6.45, 7) is 0.